The molecule has 1 fully saturated rings. The SMILES string of the molecule is Cc1cc(C)c(C2C(=O)CC(C(C)CS(=O)(=O)c3ccc(C(F)(F)F)cn3)CC2=O)c(C)c1. The van der Waals surface area contributed by atoms with Crippen LogP contribution in [0.15, 0.2) is 35.5 Å². The molecule has 0 radical (unpaired) electrons. The number of hydrogen-bond acceptors (Lipinski definition) is 5. The number of halogens is 3. The van der Waals surface area contributed by atoms with E-state index in [2.05, 4.69) is 4.98 Å². The lowest BCUT2D eigenvalue weighted by atomic mass is 9.71. The molecule has 3 rings (SSSR count). The summed E-state index contributed by atoms with van der Waals surface area (Å²) in [4.78, 5) is 29.5. The molecule has 1 saturated carbocycles. The molecule has 0 aliphatic heterocycles. The summed E-state index contributed by atoms with van der Waals surface area (Å²) in [5, 5.41) is -0.459. The van der Waals surface area contributed by atoms with Crippen LogP contribution in [0.1, 0.15) is 53.5 Å². The van der Waals surface area contributed by atoms with E-state index in [-0.39, 0.29) is 24.4 Å². The molecule has 9 heteroatoms. The average Bonchev–Trinajstić information content (AvgIpc) is 2.68. The summed E-state index contributed by atoms with van der Waals surface area (Å²) < 4.78 is 63.5. The second kappa shape index (κ2) is 9.00. The van der Waals surface area contributed by atoms with Crippen LogP contribution in [-0.2, 0) is 25.6 Å². The Morgan fingerprint density at radius 3 is 2.03 bits per heavy atom. The molecular formula is C24H26F3NO4S. The Morgan fingerprint density at radius 2 is 1.58 bits per heavy atom. The van der Waals surface area contributed by atoms with Crippen LogP contribution in [0, 0.1) is 32.6 Å². The van der Waals surface area contributed by atoms with E-state index in [1.807, 2.05) is 32.9 Å². The number of carbonyl (C=O) groups is 2. The number of benzene rings is 1. The summed E-state index contributed by atoms with van der Waals surface area (Å²) >= 11 is 0. The van der Waals surface area contributed by atoms with Crippen molar-refractivity contribution in [1.29, 1.82) is 0 Å². The number of rotatable bonds is 5. The maximum absolute atomic E-state index is 13.0. The first kappa shape index (κ1) is 25.1. The molecule has 0 bridgehead atoms. The van der Waals surface area contributed by atoms with E-state index >= 15 is 0 Å². The number of sulfone groups is 1. The average molecular weight is 482 g/mol. The van der Waals surface area contributed by atoms with Crippen molar-refractivity contribution in [2.75, 3.05) is 5.75 Å². The van der Waals surface area contributed by atoms with E-state index in [1.165, 1.54) is 0 Å². The Balaban J connectivity index is 1.76. The van der Waals surface area contributed by atoms with Gasteiger partial charge in [0, 0.05) is 19.0 Å². The molecule has 0 saturated heterocycles. The number of hydrogen-bond donors (Lipinski definition) is 0. The van der Waals surface area contributed by atoms with Gasteiger partial charge >= 0.3 is 6.18 Å². The molecule has 1 aromatic carbocycles. The Bertz CT molecular complexity index is 1150. The molecule has 0 amide bonds. The number of carbonyl (C=O) groups excluding carboxylic acids is 2. The third kappa shape index (κ3) is 5.34. The minimum absolute atomic E-state index is 0.0697. The quantitative estimate of drug-likeness (QED) is 0.575. The largest absolute Gasteiger partial charge is 0.417 e. The zero-order chi connectivity index (χ0) is 24.7. The van der Waals surface area contributed by atoms with Crippen LogP contribution in [-0.4, -0.2) is 30.7 Å². The molecule has 2 aromatic rings. The van der Waals surface area contributed by atoms with Crippen LogP contribution in [0.4, 0.5) is 13.2 Å². The standard InChI is InChI=1S/C24H26F3NO4S/c1-13-7-14(2)22(15(3)8-13)23-19(29)9-17(10-20(23)30)16(4)12-33(31,32)21-6-5-18(11-28-21)24(25,26)27/h5-8,11,16-17,23H,9-10,12H2,1-4H3. The monoisotopic (exact) mass is 481 g/mol. The summed E-state index contributed by atoms with van der Waals surface area (Å²) in [5.74, 6) is -2.73. The minimum atomic E-state index is -4.61. The van der Waals surface area contributed by atoms with E-state index in [9.17, 15) is 31.2 Å². The highest BCUT2D eigenvalue weighted by Gasteiger charge is 2.40. The van der Waals surface area contributed by atoms with Crippen molar-refractivity contribution in [3.63, 3.8) is 0 Å². The van der Waals surface area contributed by atoms with Crippen molar-refractivity contribution in [2.45, 2.75) is 57.7 Å². The van der Waals surface area contributed by atoms with Crippen LogP contribution in [0.3, 0.4) is 0 Å². The first-order valence-electron chi connectivity index (χ1n) is 10.6. The minimum Gasteiger partial charge on any atom is -0.299 e. The molecule has 0 spiro atoms. The van der Waals surface area contributed by atoms with Gasteiger partial charge in [0.1, 0.15) is 17.5 Å². The normalized spacial score (nSPS) is 20.7. The van der Waals surface area contributed by atoms with Crippen molar-refractivity contribution >= 4 is 21.4 Å². The van der Waals surface area contributed by atoms with Gasteiger partial charge in [0.15, 0.2) is 14.9 Å². The lowest BCUT2D eigenvalue weighted by Crippen LogP contribution is -2.36. The summed E-state index contributed by atoms with van der Waals surface area (Å²) in [7, 11) is -3.99. The second-order valence-corrected chi connectivity index (χ2v) is 11.0. The van der Waals surface area contributed by atoms with Crippen molar-refractivity contribution in [3.05, 3.63) is 58.3 Å². The predicted octanol–water partition coefficient (Wildman–Crippen LogP) is 4.77. The summed E-state index contributed by atoms with van der Waals surface area (Å²) in [6.45, 7) is 7.32. The van der Waals surface area contributed by atoms with Gasteiger partial charge in [-0.15, -0.1) is 0 Å². The summed E-state index contributed by atoms with van der Waals surface area (Å²) in [6.07, 6.45) is -3.99. The first-order valence-corrected chi connectivity index (χ1v) is 12.2. The topological polar surface area (TPSA) is 81.2 Å². The van der Waals surface area contributed by atoms with E-state index in [1.54, 1.807) is 6.92 Å². The molecule has 1 heterocycles. The summed E-state index contributed by atoms with van der Waals surface area (Å²) in [5.41, 5.74) is 2.48. The number of aryl methyl sites for hydroxylation is 3. The van der Waals surface area contributed by atoms with Gasteiger partial charge in [-0.05, 0) is 61.4 Å². The fourth-order valence-electron chi connectivity index (χ4n) is 4.67. The fraction of sp³-hybridized carbons (Fsp3) is 0.458. The Morgan fingerprint density at radius 1 is 1.03 bits per heavy atom. The van der Waals surface area contributed by atoms with Crippen LogP contribution < -0.4 is 0 Å². The van der Waals surface area contributed by atoms with Gasteiger partial charge in [0.2, 0.25) is 0 Å². The van der Waals surface area contributed by atoms with Crippen molar-refractivity contribution in [1.82, 2.24) is 4.98 Å². The van der Waals surface area contributed by atoms with E-state index in [0.29, 0.717) is 12.3 Å². The Hall–Kier alpha value is -2.55. The third-order valence-electron chi connectivity index (χ3n) is 6.27. The van der Waals surface area contributed by atoms with Crippen LogP contribution in [0.2, 0.25) is 0 Å². The maximum Gasteiger partial charge on any atom is 0.417 e. The molecule has 1 unspecified atom stereocenters. The number of Topliss-reactive ketones (excluding diaryl/α,β-unsaturated/α-hetero) is 2. The van der Waals surface area contributed by atoms with Gasteiger partial charge in [-0.2, -0.15) is 13.2 Å². The predicted molar refractivity (Wildman–Crippen MR) is 117 cm³/mol. The lowest BCUT2D eigenvalue weighted by molar-refractivity contribution is -0.138. The van der Waals surface area contributed by atoms with Gasteiger partial charge in [-0.25, -0.2) is 13.4 Å². The maximum atomic E-state index is 13.0. The number of ketones is 2. The lowest BCUT2D eigenvalue weighted by Gasteiger charge is -2.31. The second-order valence-electron chi connectivity index (χ2n) is 8.99. The van der Waals surface area contributed by atoms with Gasteiger partial charge in [-0.1, -0.05) is 24.6 Å². The molecule has 1 aromatic heterocycles. The number of alkyl halides is 3. The Labute approximate surface area is 191 Å². The van der Waals surface area contributed by atoms with Crippen LogP contribution >= 0.6 is 0 Å². The molecule has 1 atom stereocenters. The molecular weight excluding hydrogens is 455 g/mol. The molecule has 178 valence electrons. The van der Waals surface area contributed by atoms with Crippen molar-refractivity contribution in [3.8, 4) is 0 Å². The number of nitrogens with zero attached hydrogens (tertiary/aromatic N) is 1. The smallest absolute Gasteiger partial charge is 0.299 e. The van der Waals surface area contributed by atoms with Gasteiger partial charge in [0.05, 0.1) is 11.3 Å². The molecule has 1 aliphatic carbocycles. The van der Waals surface area contributed by atoms with Crippen LogP contribution in [0.25, 0.3) is 0 Å². The van der Waals surface area contributed by atoms with E-state index < -0.39 is 50.1 Å². The van der Waals surface area contributed by atoms with Gasteiger partial charge in [0.25, 0.3) is 0 Å². The highest BCUT2D eigenvalue weighted by atomic mass is 32.2. The van der Waals surface area contributed by atoms with E-state index in [0.717, 1.165) is 28.3 Å². The highest BCUT2D eigenvalue weighted by molar-refractivity contribution is 7.91. The van der Waals surface area contributed by atoms with Crippen molar-refractivity contribution in [2.24, 2.45) is 11.8 Å². The summed E-state index contributed by atoms with van der Waals surface area (Å²) in [6, 6.07) is 5.37. The number of pyridine rings is 1. The van der Waals surface area contributed by atoms with Crippen molar-refractivity contribution < 1.29 is 31.2 Å². The highest BCUT2D eigenvalue weighted by Crippen LogP contribution is 2.38. The fourth-order valence-corrected chi connectivity index (χ4v) is 6.30. The van der Waals surface area contributed by atoms with Gasteiger partial charge in [-0.3, -0.25) is 9.59 Å². The molecule has 1 aliphatic rings. The first-order chi connectivity index (χ1) is 15.2. The third-order valence-corrected chi connectivity index (χ3v) is 8.11. The van der Waals surface area contributed by atoms with Crippen LogP contribution in [0.5, 0.6) is 0 Å². The molecule has 5 nitrogen and oxygen atoms in total. The zero-order valence-corrected chi connectivity index (χ0v) is 19.7. The molecule has 0 N–H and O–H groups in total. The molecule has 33 heavy (non-hydrogen) atoms. The zero-order valence-electron chi connectivity index (χ0n) is 18.9. The van der Waals surface area contributed by atoms with Gasteiger partial charge < -0.3 is 0 Å². The Kier molecular flexibility index (Phi) is 6.84. The van der Waals surface area contributed by atoms with E-state index in [4.69, 9.17) is 0 Å². The number of aromatic nitrogens is 1.